The van der Waals surface area contributed by atoms with Gasteiger partial charge in [-0.25, -0.2) is 0 Å². The van der Waals surface area contributed by atoms with Crippen molar-refractivity contribution in [3.8, 4) is 5.75 Å². The molecule has 0 saturated heterocycles. The van der Waals surface area contributed by atoms with Gasteiger partial charge in [-0.2, -0.15) is 0 Å². The van der Waals surface area contributed by atoms with Gasteiger partial charge in [0.1, 0.15) is 5.75 Å². The Hall–Kier alpha value is -1.55. The van der Waals surface area contributed by atoms with Crippen LogP contribution in [0, 0.1) is 0 Å². The van der Waals surface area contributed by atoms with Crippen LogP contribution in [0.4, 0.5) is 0 Å². The van der Waals surface area contributed by atoms with Crippen molar-refractivity contribution in [1.82, 2.24) is 10.6 Å². The Morgan fingerprint density at radius 1 is 1.30 bits per heavy atom. The van der Waals surface area contributed by atoms with Crippen molar-refractivity contribution >= 4 is 5.91 Å². The fourth-order valence-corrected chi connectivity index (χ4v) is 1.85. The van der Waals surface area contributed by atoms with Gasteiger partial charge in [0, 0.05) is 12.6 Å². The van der Waals surface area contributed by atoms with Gasteiger partial charge in [-0.3, -0.25) is 4.79 Å². The second-order valence-electron chi connectivity index (χ2n) is 5.28. The number of ether oxygens (including phenoxy) is 1. The Labute approximate surface area is 121 Å². The minimum absolute atomic E-state index is 0.0559. The number of hydrogen-bond donors (Lipinski definition) is 2. The third-order valence-electron chi connectivity index (χ3n) is 3.05. The molecule has 1 aromatic rings. The minimum Gasteiger partial charge on any atom is -0.484 e. The van der Waals surface area contributed by atoms with Crippen molar-refractivity contribution in [3.63, 3.8) is 0 Å². The Morgan fingerprint density at radius 2 is 2.05 bits per heavy atom. The fraction of sp³-hybridized carbons (Fsp3) is 0.562. The highest BCUT2D eigenvalue weighted by Crippen LogP contribution is 2.19. The highest BCUT2D eigenvalue weighted by molar-refractivity contribution is 5.77. The van der Waals surface area contributed by atoms with E-state index >= 15 is 0 Å². The van der Waals surface area contributed by atoms with Gasteiger partial charge in [0.25, 0.3) is 5.91 Å². The quantitative estimate of drug-likeness (QED) is 0.767. The monoisotopic (exact) mass is 278 g/mol. The normalized spacial score (nSPS) is 12.2. The smallest absolute Gasteiger partial charge is 0.257 e. The van der Waals surface area contributed by atoms with Crippen molar-refractivity contribution in [3.05, 3.63) is 29.8 Å². The van der Waals surface area contributed by atoms with E-state index in [1.807, 2.05) is 32.0 Å². The molecule has 4 heteroatoms. The highest BCUT2D eigenvalue weighted by Gasteiger charge is 2.06. The molecule has 0 aromatic heterocycles. The molecule has 0 aliphatic rings. The van der Waals surface area contributed by atoms with Crippen molar-refractivity contribution in [2.24, 2.45) is 0 Å². The van der Waals surface area contributed by atoms with Gasteiger partial charge in [0.2, 0.25) is 0 Å². The van der Waals surface area contributed by atoms with Gasteiger partial charge in [0.05, 0.1) is 0 Å². The number of rotatable bonds is 8. The lowest BCUT2D eigenvalue weighted by Gasteiger charge is -2.14. The van der Waals surface area contributed by atoms with Crippen molar-refractivity contribution < 1.29 is 9.53 Å². The van der Waals surface area contributed by atoms with Crippen LogP contribution in [0.2, 0.25) is 0 Å². The maximum absolute atomic E-state index is 11.7. The lowest BCUT2D eigenvalue weighted by molar-refractivity contribution is -0.123. The molecule has 112 valence electrons. The summed E-state index contributed by atoms with van der Waals surface area (Å²) in [7, 11) is 0. The van der Waals surface area contributed by atoms with E-state index in [9.17, 15) is 4.79 Å². The standard InChI is InChI=1S/C16H26N2O2/c1-5-17-13(4)10-18-16(19)11-20-15-8-6-7-14(9-15)12(2)3/h6-9,12-13,17H,5,10-11H2,1-4H3,(H,18,19)/t13-/m1/s1. The van der Waals surface area contributed by atoms with Crippen LogP contribution >= 0.6 is 0 Å². The number of benzene rings is 1. The first kappa shape index (κ1) is 16.5. The van der Waals surface area contributed by atoms with Gasteiger partial charge in [-0.15, -0.1) is 0 Å². The van der Waals surface area contributed by atoms with Crippen LogP contribution in [0.25, 0.3) is 0 Å². The molecule has 4 nitrogen and oxygen atoms in total. The maximum atomic E-state index is 11.7. The SMILES string of the molecule is CCN[C@H](C)CNC(=O)COc1cccc(C(C)C)c1. The van der Waals surface area contributed by atoms with E-state index in [0.717, 1.165) is 12.3 Å². The van der Waals surface area contributed by atoms with Crippen LogP contribution in [0.15, 0.2) is 24.3 Å². The largest absolute Gasteiger partial charge is 0.484 e. The molecule has 2 N–H and O–H groups in total. The van der Waals surface area contributed by atoms with Crippen LogP contribution in [0.3, 0.4) is 0 Å². The van der Waals surface area contributed by atoms with Crippen LogP contribution < -0.4 is 15.4 Å². The summed E-state index contributed by atoms with van der Waals surface area (Å²) in [6.07, 6.45) is 0. The maximum Gasteiger partial charge on any atom is 0.257 e. The summed E-state index contributed by atoms with van der Waals surface area (Å²) in [4.78, 5) is 11.7. The van der Waals surface area contributed by atoms with E-state index in [1.54, 1.807) is 0 Å². The molecule has 0 radical (unpaired) electrons. The Balaban J connectivity index is 2.35. The van der Waals surface area contributed by atoms with E-state index in [2.05, 4.69) is 30.5 Å². The Kier molecular flexibility index (Phi) is 7.09. The first-order chi connectivity index (χ1) is 9.52. The summed E-state index contributed by atoms with van der Waals surface area (Å²) in [5.41, 5.74) is 1.21. The number of hydrogen-bond acceptors (Lipinski definition) is 3. The summed E-state index contributed by atoms with van der Waals surface area (Å²) in [5, 5.41) is 6.09. The summed E-state index contributed by atoms with van der Waals surface area (Å²) in [6.45, 7) is 9.92. The number of nitrogens with one attached hydrogen (secondary N) is 2. The second kappa shape index (κ2) is 8.59. The van der Waals surface area contributed by atoms with Gasteiger partial charge >= 0.3 is 0 Å². The molecule has 0 heterocycles. The second-order valence-corrected chi connectivity index (χ2v) is 5.28. The number of carbonyl (C=O) groups is 1. The molecule has 0 aliphatic carbocycles. The van der Waals surface area contributed by atoms with Gasteiger partial charge in [-0.05, 0) is 37.1 Å². The Morgan fingerprint density at radius 3 is 2.70 bits per heavy atom. The highest BCUT2D eigenvalue weighted by atomic mass is 16.5. The molecule has 0 saturated carbocycles. The van der Waals surface area contributed by atoms with Crippen LogP contribution in [0.5, 0.6) is 5.75 Å². The van der Waals surface area contributed by atoms with E-state index in [1.165, 1.54) is 5.56 Å². The van der Waals surface area contributed by atoms with Crippen molar-refractivity contribution in [1.29, 1.82) is 0 Å². The van der Waals surface area contributed by atoms with Gasteiger partial charge in [-0.1, -0.05) is 32.9 Å². The van der Waals surface area contributed by atoms with E-state index in [0.29, 0.717) is 12.5 Å². The number of likely N-dealkylation sites (N-methyl/N-ethyl adjacent to an activating group) is 1. The predicted octanol–water partition coefficient (Wildman–Crippen LogP) is 2.30. The molecule has 1 aromatic carbocycles. The Bertz CT molecular complexity index is 419. The molecule has 0 fully saturated rings. The average Bonchev–Trinajstić information content (AvgIpc) is 2.43. The zero-order valence-electron chi connectivity index (χ0n) is 12.9. The van der Waals surface area contributed by atoms with Crippen molar-refractivity contribution in [2.75, 3.05) is 19.7 Å². The molecule has 0 bridgehead atoms. The molecule has 0 spiro atoms. The first-order valence-electron chi connectivity index (χ1n) is 7.25. The third-order valence-corrected chi connectivity index (χ3v) is 3.05. The fourth-order valence-electron chi connectivity index (χ4n) is 1.85. The predicted molar refractivity (Wildman–Crippen MR) is 82.2 cm³/mol. The molecular formula is C16H26N2O2. The van der Waals surface area contributed by atoms with E-state index < -0.39 is 0 Å². The summed E-state index contributed by atoms with van der Waals surface area (Å²) in [5.74, 6) is 1.10. The lowest BCUT2D eigenvalue weighted by Crippen LogP contribution is -2.40. The third kappa shape index (κ3) is 6.06. The number of carbonyl (C=O) groups excluding carboxylic acids is 1. The average molecular weight is 278 g/mol. The van der Waals surface area contributed by atoms with Gasteiger partial charge in [0.15, 0.2) is 6.61 Å². The molecule has 1 amide bonds. The molecular weight excluding hydrogens is 252 g/mol. The molecule has 1 atom stereocenters. The zero-order valence-corrected chi connectivity index (χ0v) is 12.9. The van der Waals surface area contributed by atoms with Crippen LogP contribution in [-0.2, 0) is 4.79 Å². The topological polar surface area (TPSA) is 50.4 Å². The van der Waals surface area contributed by atoms with Crippen LogP contribution in [0.1, 0.15) is 39.2 Å². The lowest BCUT2D eigenvalue weighted by atomic mass is 10.0. The van der Waals surface area contributed by atoms with E-state index in [4.69, 9.17) is 4.74 Å². The molecule has 0 aliphatic heterocycles. The molecule has 0 unspecified atom stereocenters. The molecule has 1 rings (SSSR count). The summed E-state index contributed by atoms with van der Waals surface area (Å²) >= 11 is 0. The van der Waals surface area contributed by atoms with Crippen molar-refractivity contribution in [2.45, 2.75) is 39.7 Å². The van der Waals surface area contributed by atoms with Crippen LogP contribution in [-0.4, -0.2) is 31.6 Å². The minimum atomic E-state index is -0.0929. The summed E-state index contributed by atoms with van der Waals surface area (Å²) in [6, 6.07) is 8.15. The molecule has 20 heavy (non-hydrogen) atoms. The number of amides is 1. The van der Waals surface area contributed by atoms with E-state index in [-0.39, 0.29) is 18.6 Å². The van der Waals surface area contributed by atoms with Gasteiger partial charge < -0.3 is 15.4 Å². The first-order valence-corrected chi connectivity index (χ1v) is 7.25. The zero-order chi connectivity index (χ0) is 15.0. The summed E-state index contributed by atoms with van der Waals surface area (Å²) < 4.78 is 5.52.